The highest BCUT2D eigenvalue weighted by atomic mass is 19.4. The van der Waals surface area contributed by atoms with Gasteiger partial charge in [0.2, 0.25) is 0 Å². The fourth-order valence-corrected chi connectivity index (χ4v) is 4.36. The Labute approximate surface area is 160 Å². The van der Waals surface area contributed by atoms with Crippen molar-refractivity contribution in [3.63, 3.8) is 0 Å². The van der Waals surface area contributed by atoms with Crippen LogP contribution in [0.5, 0.6) is 0 Å². The van der Waals surface area contributed by atoms with Crippen molar-refractivity contribution in [2.75, 3.05) is 32.7 Å². The molecule has 28 heavy (non-hydrogen) atoms. The maximum Gasteiger partial charge on any atom is 0.416 e. The number of nitrogens with one attached hydrogen (secondary N) is 1. The van der Waals surface area contributed by atoms with E-state index in [1.54, 1.807) is 4.90 Å². The van der Waals surface area contributed by atoms with E-state index in [0.717, 1.165) is 48.9 Å². The Hall–Kier alpha value is -2.22. The Morgan fingerprint density at radius 2 is 1.96 bits per heavy atom. The molecule has 3 aliphatic heterocycles. The van der Waals surface area contributed by atoms with Gasteiger partial charge in [0.1, 0.15) is 11.5 Å². The van der Waals surface area contributed by atoms with Crippen LogP contribution in [0, 0.1) is 5.82 Å². The van der Waals surface area contributed by atoms with Gasteiger partial charge in [0, 0.05) is 25.2 Å². The summed E-state index contributed by atoms with van der Waals surface area (Å²) in [7, 11) is 0. The highest BCUT2D eigenvalue weighted by Crippen LogP contribution is 2.40. The molecule has 4 nitrogen and oxygen atoms in total. The molecule has 1 N–H and O–H groups in total. The van der Waals surface area contributed by atoms with Crippen LogP contribution in [0.25, 0.3) is 0 Å². The van der Waals surface area contributed by atoms with E-state index in [1.165, 1.54) is 0 Å². The quantitative estimate of drug-likeness (QED) is 0.781. The zero-order valence-corrected chi connectivity index (χ0v) is 15.3. The second-order valence-electron chi connectivity index (χ2n) is 7.44. The summed E-state index contributed by atoms with van der Waals surface area (Å²) in [5.74, 6) is -1.54. The van der Waals surface area contributed by atoms with Crippen LogP contribution >= 0.6 is 0 Å². The number of carbonyl (C=O) groups is 1. The van der Waals surface area contributed by atoms with Crippen LogP contribution in [0.3, 0.4) is 0 Å². The predicted molar refractivity (Wildman–Crippen MR) is 96.8 cm³/mol. The molecule has 3 heterocycles. The third kappa shape index (κ3) is 3.45. The molecule has 150 valence electrons. The van der Waals surface area contributed by atoms with Crippen LogP contribution in [0.1, 0.15) is 36.3 Å². The van der Waals surface area contributed by atoms with Crippen molar-refractivity contribution in [2.24, 2.45) is 4.99 Å². The van der Waals surface area contributed by atoms with Gasteiger partial charge in [-0.1, -0.05) is 6.07 Å². The number of halogens is 4. The van der Waals surface area contributed by atoms with Crippen LogP contribution < -0.4 is 5.32 Å². The molecule has 1 saturated heterocycles. The summed E-state index contributed by atoms with van der Waals surface area (Å²) in [6.45, 7) is 2.68. The van der Waals surface area contributed by atoms with Crippen molar-refractivity contribution in [3.8, 4) is 0 Å². The molecule has 0 bridgehead atoms. The minimum atomic E-state index is -4.60. The summed E-state index contributed by atoms with van der Waals surface area (Å²) in [4.78, 5) is 18.9. The van der Waals surface area contributed by atoms with E-state index in [0.29, 0.717) is 38.2 Å². The van der Waals surface area contributed by atoms with Crippen LogP contribution in [-0.2, 0) is 11.0 Å². The number of rotatable bonds is 2. The number of amides is 1. The standard InChI is InChI=1S/C20H21F4N3O/c21-16-3-1-2-15(20(22,23)24)17(16)12-5-8-27(9-6-12)19(28)18-14-4-7-25-10-13(14)11-26-18/h1-3,12,25H,4-11H2. The smallest absolute Gasteiger partial charge is 0.337 e. The molecule has 8 heteroatoms. The second-order valence-corrected chi connectivity index (χ2v) is 7.44. The van der Waals surface area contributed by atoms with Crippen molar-refractivity contribution >= 4 is 11.6 Å². The van der Waals surface area contributed by atoms with Crippen LogP contribution in [-0.4, -0.2) is 49.2 Å². The second kappa shape index (κ2) is 7.31. The largest absolute Gasteiger partial charge is 0.416 e. The third-order valence-electron chi connectivity index (χ3n) is 5.78. The number of carbonyl (C=O) groups excluding carboxylic acids is 1. The monoisotopic (exact) mass is 395 g/mol. The highest BCUT2D eigenvalue weighted by molar-refractivity contribution is 6.46. The number of likely N-dealkylation sites (tertiary alicyclic amines) is 1. The van der Waals surface area contributed by atoms with Gasteiger partial charge in [0.25, 0.3) is 5.91 Å². The number of piperidine rings is 1. The van der Waals surface area contributed by atoms with Crippen molar-refractivity contribution in [2.45, 2.75) is 31.4 Å². The molecular formula is C20H21F4N3O. The molecule has 0 saturated carbocycles. The number of hydrogen-bond donors (Lipinski definition) is 1. The maximum atomic E-state index is 14.2. The zero-order chi connectivity index (χ0) is 19.9. The van der Waals surface area contributed by atoms with Gasteiger partial charge in [-0.15, -0.1) is 0 Å². The summed E-state index contributed by atoms with van der Waals surface area (Å²) in [6.07, 6.45) is -3.23. The molecule has 0 atom stereocenters. The number of aliphatic imine (C=N–C) groups is 1. The molecule has 3 aliphatic rings. The Morgan fingerprint density at radius 1 is 1.21 bits per heavy atom. The Bertz CT molecular complexity index is 851. The molecular weight excluding hydrogens is 374 g/mol. The summed E-state index contributed by atoms with van der Waals surface area (Å²) in [5.41, 5.74) is 1.47. The molecule has 0 spiro atoms. The minimum absolute atomic E-state index is 0.157. The first-order chi connectivity index (χ1) is 13.4. The van der Waals surface area contributed by atoms with Crippen LogP contribution in [0.4, 0.5) is 17.6 Å². The molecule has 1 fully saturated rings. The van der Waals surface area contributed by atoms with E-state index in [-0.39, 0.29) is 11.5 Å². The molecule has 0 unspecified atom stereocenters. The summed E-state index contributed by atoms with van der Waals surface area (Å²) in [5, 5.41) is 3.26. The molecule has 0 aromatic heterocycles. The van der Waals surface area contributed by atoms with Crippen molar-refractivity contribution in [3.05, 3.63) is 46.3 Å². The van der Waals surface area contributed by atoms with E-state index >= 15 is 0 Å². The highest BCUT2D eigenvalue weighted by Gasteiger charge is 2.38. The fourth-order valence-electron chi connectivity index (χ4n) is 4.36. The number of alkyl halides is 3. The van der Waals surface area contributed by atoms with Crippen LogP contribution in [0.2, 0.25) is 0 Å². The lowest BCUT2D eigenvalue weighted by molar-refractivity contribution is -0.139. The van der Waals surface area contributed by atoms with Gasteiger partial charge in [0.05, 0.1) is 12.1 Å². The number of hydrogen-bond acceptors (Lipinski definition) is 3. The van der Waals surface area contributed by atoms with E-state index in [2.05, 4.69) is 10.3 Å². The van der Waals surface area contributed by atoms with Crippen molar-refractivity contribution in [1.82, 2.24) is 10.2 Å². The molecule has 1 aromatic rings. The summed E-state index contributed by atoms with van der Waals surface area (Å²) < 4.78 is 54.1. The van der Waals surface area contributed by atoms with Gasteiger partial charge in [-0.3, -0.25) is 9.79 Å². The van der Waals surface area contributed by atoms with Crippen molar-refractivity contribution < 1.29 is 22.4 Å². The first kappa shape index (κ1) is 19.1. The van der Waals surface area contributed by atoms with E-state index < -0.39 is 23.5 Å². The van der Waals surface area contributed by atoms with E-state index in [1.807, 2.05) is 0 Å². The van der Waals surface area contributed by atoms with Crippen molar-refractivity contribution in [1.29, 1.82) is 0 Å². The number of nitrogens with zero attached hydrogens (tertiary/aromatic N) is 2. The molecule has 0 aliphatic carbocycles. The SMILES string of the molecule is O=C(C1=NCC2=C1CCNC2)N1CCC(c2c(F)cccc2C(F)(F)F)CC1. The topological polar surface area (TPSA) is 44.7 Å². The lowest BCUT2D eigenvalue weighted by Crippen LogP contribution is -2.42. The molecule has 1 amide bonds. The third-order valence-corrected chi connectivity index (χ3v) is 5.78. The Balaban J connectivity index is 1.48. The van der Waals surface area contributed by atoms with Gasteiger partial charge < -0.3 is 10.2 Å². The normalized spacial score (nSPS) is 21.0. The predicted octanol–water partition coefficient (Wildman–Crippen LogP) is 3.30. The Morgan fingerprint density at radius 3 is 2.68 bits per heavy atom. The van der Waals surface area contributed by atoms with Gasteiger partial charge in [0.15, 0.2) is 0 Å². The first-order valence-corrected chi connectivity index (χ1v) is 9.47. The van der Waals surface area contributed by atoms with Gasteiger partial charge in [-0.2, -0.15) is 13.2 Å². The fraction of sp³-hybridized carbons (Fsp3) is 0.500. The first-order valence-electron chi connectivity index (χ1n) is 9.47. The van der Waals surface area contributed by atoms with E-state index in [4.69, 9.17) is 0 Å². The minimum Gasteiger partial charge on any atom is -0.337 e. The average Bonchev–Trinajstić information content (AvgIpc) is 3.11. The molecule has 4 rings (SSSR count). The van der Waals surface area contributed by atoms with E-state index in [9.17, 15) is 22.4 Å². The summed E-state index contributed by atoms with van der Waals surface area (Å²) in [6, 6.07) is 3.08. The average molecular weight is 395 g/mol. The molecule has 0 radical (unpaired) electrons. The van der Waals surface area contributed by atoms with Gasteiger partial charge in [-0.25, -0.2) is 4.39 Å². The zero-order valence-electron chi connectivity index (χ0n) is 15.3. The lowest BCUT2D eigenvalue weighted by atomic mass is 9.85. The van der Waals surface area contributed by atoms with Gasteiger partial charge >= 0.3 is 6.18 Å². The lowest BCUT2D eigenvalue weighted by Gasteiger charge is -2.33. The van der Waals surface area contributed by atoms with Gasteiger partial charge in [-0.05, 0) is 55.0 Å². The molecule has 1 aromatic carbocycles. The Kier molecular flexibility index (Phi) is 4.99. The number of benzene rings is 1. The maximum absolute atomic E-state index is 14.2. The van der Waals surface area contributed by atoms with Crippen LogP contribution in [0.15, 0.2) is 34.3 Å². The summed E-state index contributed by atoms with van der Waals surface area (Å²) >= 11 is 0.